The molecule has 3 nitrogen and oxygen atoms in total. The maximum atomic E-state index is 4.69. The maximum Gasteiger partial charge on any atom is 0.0926 e. The van der Waals surface area contributed by atoms with Crippen molar-refractivity contribution in [3.63, 3.8) is 0 Å². The standard InChI is InChI=1S/C16H29N3S/c1-5-15-18-14(12-20-15)11-19-8-6-7-13(10-19)9-17-16(2,3)4/h12-13,17H,5-11H2,1-4H3. The van der Waals surface area contributed by atoms with Gasteiger partial charge in [0.2, 0.25) is 0 Å². The van der Waals surface area contributed by atoms with Gasteiger partial charge < -0.3 is 5.32 Å². The molecule has 2 rings (SSSR count). The minimum Gasteiger partial charge on any atom is -0.312 e. The third-order valence-electron chi connectivity index (χ3n) is 3.81. The van der Waals surface area contributed by atoms with E-state index in [2.05, 4.69) is 43.3 Å². The van der Waals surface area contributed by atoms with Crippen molar-refractivity contribution < 1.29 is 0 Å². The van der Waals surface area contributed by atoms with Crippen molar-refractivity contribution in [3.05, 3.63) is 16.1 Å². The van der Waals surface area contributed by atoms with Gasteiger partial charge in [-0.25, -0.2) is 4.98 Å². The SMILES string of the molecule is CCc1nc(CN2CCCC(CNC(C)(C)C)C2)cs1. The van der Waals surface area contributed by atoms with Gasteiger partial charge in [0.15, 0.2) is 0 Å². The van der Waals surface area contributed by atoms with Crippen LogP contribution in [0, 0.1) is 5.92 Å². The summed E-state index contributed by atoms with van der Waals surface area (Å²) < 4.78 is 0. The first-order valence-corrected chi connectivity index (χ1v) is 8.75. The quantitative estimate of drug-likeness (QED) is 0.903. The molecule has 1 aromatic heterocycles. The summed E-state index contributed by atoms with van der Waals surface area (Å²) >= 11 is 1.80. The average Bonchev–Trinajstić information content (AvgIpc) is 2.84. The van der Waals surface area contributed by atoms with Gasteiger partial charge >= 0.3 is 0 Å². The molecule has 1 unspecified atom stereocenters. The van der Waals surface area contributed by atoms with Gasteiger partial charge in [0.1, 0.15) is 0 Å². The van der Waals surface area contributed by atoms with Crippen LogP contribution in [0.4, 0.5) is 0 Å². The molecule has 20 heavy (non-hydrogen) atoms. The van der Waals surface area contributed by atoms with Crippen molar-refractivity contribution in [2.75, 3.05) is 19.6 Å². The summed E-state index contributed by atoms with van der Waals surface area (Å²) in [6.07, 6.45) is 3.74. The number of nitrogens with zero attached hydrogens (tertiary/aromatic N) is 2. The monoisotopic (exact) mass is 295 g/mol. The van der Waals surface area contributed by atoms with E-state index in [1.54, 1.807) is 11.3 Å². The van der Waals surface area contributed by atoms with Crippen molar-refractivity contribution in [1.29, 1.82) is 0 Å². The molecule has 1 saturated heterocycles. The Morgan fingerprint density at radius 2 is 2.25 bits per heavy atom. The summed E-state index contributed by atoms with van der Waals surface area (Å²) in [6, 6.07) is 0. The van der Waals surface area contributed by atoms with Crippen LogP contribution >= 0.6 is 11.3 Å². The Morgan fingerprint density at radius 3 is 2.90 bits per heavy atom. The summed E-state index contributed by atoms with van der Waals surface area (Å²) in [5, 5.41) is 7.15. The number of nitrogens with one attached hydrogen (secondary N) is 1. The highest BCUT2D eigenvalue weighted by molar-refractivity contribution is 7.09. The van der Waals surface area contributed by atoms with Crippen molar-refractivity contribution in [1.82, 2.24) is 15.2 Å². The summed E-state index contributed by atoms with van der Waals surface area (Å²) in [4.78, 5) is 7.27. The summed E-state index contributed by atoms with van der Waals surface area (Å²) in [5.41, 5.74) is 1.49. The second kappa shape index (κ2) is 7.01. The lowest BCUT2D eigenvalue weighted by molar-refractivity contribution is 0.158. The lowest BCUT2D eigenvalue weighted by atomic mass is 9.96. The molecule has 1 aromatic rings. The highest BCUT2D eigenvalue weighted by Crippen LogP contribution is 2.20. The number of hydrogen-bond donors (Lipinski definition) is 1. The van der Waals surface area contributed by atoms with Crippen LogP contribution in [-0.2, 0) is 13.0 Å². The van der Waals surface area contributed by atoms with Crippen LogP contribution in [0.2, 0.25) is 0 Å². The normalized spacial score (nSPS) is 21.3. The first-order chi connectivity index (χ1) is 9.46. The second-order valence-corrected chi connectivity index (χ2v) is 7.90. The van der Waals surface area contributed by atoms with Crippen LogP contribution in [0.5, 0.6) is 0 Å². The van der Waals surface area contributed by atoms with Gasteiger partial charge in [-0.05, 0) is 59.0 Å². The molecule has 1 N–H and O–H groups in total. The Kier molecular flexibility index (Phi) is 5.58. The van der Waals surface area contributed by atoms with Gasteiger partial charge in [-0.3, -0.25) is 4.90 Å². The lowest BCUT2D eigenvalue weighted by Crippen LogP contribution is -2.44. The molecule has 0 bridgehead atoms. The molecule has 2 heterocycles. The fraction of sp³-hybridized carbons (Fsp3) is 0.812. The molecule has 0 aromatic carbocycles. The van der Waals surface area contributed by atoms with Crippen molar-refractivity contribution in [2.24, 2.45) is 5.92 Å². The third-order valence-corrected chi connectivity index (χ3v) is 4.85. The fourth-order valence-electron chi connectivity index (χ4n) is 2.73. The van der Waals surface area contributed by atoms with E-state index >= 15 is 0 Å². The van der Waals surface area contributed by atoms with Gasteiger partial charge in [0, 0.05) is 24.0 Å². The molecule has 0 radical (unpaired) electrons. The van der Waals surface area contributed by atoms with E-state index in [9.17, 15) is 0 Å². The zero-order chi connectivity index (χ0) is 14.6. The predicted octanol–water partition coefficient (Wildman–Crippen LogP) is 3.31. The number of piperidine rings is 1. The zero-order valence-electron chi connectivity index (χ0n) is 13.4. The van der Waals surface area contributed by atoms with Crippen LogP contribution in [0.25, 0.3) is 0 Å². The van der Waals surface area contributed by atoms with Gasteiger partial charge in [0.25, 0.3) is 0 Å². The van der Waals surface area contributed by atoms with Crippen LogP contribution in [0.1, 0.15) is 51.2 Å². The van der Waals surface area contributed by atoms with Crippen molar-refractivity contribution in [2.45, 2.75) is 59.0 Å². The number of thiazole rings is 1. The Morgan fingerprint density at radius 1 is 1.45 bits per heavy atom. The molecule has 1 aliphatic rings. The number of hydrogen-bond acceptors (Lipinski definition) is 4. The van der Waals surface area contributed by atoms with E-state index in [0.717, 1.165) is 25.4 Å². The lowest BCUT2D eigenvalue weighted by Gasteiger charge is -2.34. The van der Waals surface area contributed by atoms with E-state index in [4.69, 9.17) is 4.98 Å². The largest absolute Gasteiger partial charge is 0.312 e. The molecular formula is C16H29N3S. The molecule has 1 fully saturated rings. The van der Waals surface area contributed by atoms with Gasteiger partial charge in [-0.1, -0.05) is 6.92 Å². The minimum absolute atomic E-state index is 0.229. The van der Waals surface area contributed by atoms with E-state index in [1.807, 2.05) is 0 Å². The number of aromatic nitrogens is 1. The van der Waals surface area contributed by atoms with Crippen LogP contribution in [0.3, 0.4) is 0 Å². The first-order valence-electron chi connectivity index (χ1n) is 7.87. The molecule has 0 aliphatic carbocycles. The molecule has 1 aliphatic heterocycles. The zero-order valence-corrected chi connectivity index (χ0v) is 14.2. The Hall–Kier alpha value is -0.450. The van der Waals surface area contributed by atoms with Crippen molar-refractivity contribution in [3.8, 4) is 0 Å². The Bertz CT molecular complexity index is 408. The molecule has 114 valence electrons. The molecule has 1 atom stereocenters. The van der Waals surface area contributed by atoms with Crippen LogP contribution < -0.4 is 5.32 Å². The number of rotatable bonds is 5. The van der Waals surface area contributed by atoms with Crippen molar-refractivity contribution >= 4 is 11.3 Å². The minimum atomic E-state index is 0.229. The van der Waals surface area contributed by atoms with Gasteiger partial charge in [0.05, 0.1) is 10.7 Å². The fourth-order valence-corrected chi connectivity index (χ4v) is 3.46. The van der Waals surface area contributed by atoms with Crippen LogP contribution in [-0.4, -0.2) is 35.1 Å². The summed E-state index contributed by atoms with van der Waals surface area (Å²) in [6.45, 7) is 13.5. The van der Waals surface area contributed by atoms with Gasteiger partial charge in [-0.2, -0.15) is 0 Å². The summed E-state index contributed by atoms with van der Waals surface area (Å²) in [5.74, 6) is 0.784. The molecule has 0 spiro atoms. The molecule has 4 heteroatoms. The molecular weight excluding hydrogens is 266 g/mol. The maximum absolute atomic E-state index is 4.69. The molecule has 0 saturated carbocycles. The average molecular weight is 295 g/mol. The van der Waals surface area contributed by atoms with E-state index < -0.39 is 0 Å². The van der Waals surface area contributed by atoms with E-state index in [-0.39, 0.29) is 5.54 Å². The second-order valence-electron chi connectivity index (χ2n) is 6.96. The number of aryl methyl sites for hydroxylation is 1. The van der Waals surface area contributed by atoms with Gasteiger partial charge in [-0.15, -0.1) is 11.3 Å². The Labute approximate surface area is 127 Å². The summed E-state index contributed by atoms with van der Waals surface area (Å²) in [7, 11) is 0. The number of likely N-dealkylation sites (tertiary alicyclic amines) is 1. The predicted molar refractivity (Wildman–Crippen MR) is 87.2 cm³/mol. The molecule has 0 amide bonds. The van der Waals surface area contributed by atoms with Crippen LogP contribution in [0.15, 0.2) is 5.38 Å². The smallest absolute Gasteiger partial charge is 0.0926 e. The highest BCUT2D eigenvalue weighted by Gasteiger charge is 2.22. The highest BCUT2D eigenvalue weighted by atomic mass is 32.1. The van der Waals surface area contributed by atoms with E-state index in [0.29, 0.717) is 0 Å². The Balaban J connectivity index is 1.81. The third kappa shape index (κ3) is 5.15. The topological polar surface area (TPSA) is 28.2 Å². The first kappa shape index (κ1) is 15.9. The van der Waals surface area contributed by atoms with E-state index in [1.165, 1.54) is 36.6 Å².